The molecule has 0 aliphatic heterocycles. The largest absolute Gasteiger partial charge is 0.401 e. The number of nitrogens with one attached hydrogen (secondary N) is 1. The predicted molar refractivity (Wildman–Crippen MR) is 53.8 cm³/mol. The molecular weight excluding hydrogens is 260 g/mol. The van der Waals surface area contributed by atoms with Gasteiger partial charge in [-0.15, -0.1) is 0 Å². The monoisotopic (exact) mass is 266 g/mol. The molecule has 0 saturated carbocycles. The Bertz CT molecular complexity index is 439. The Labute approximate surface area is 99.8 Å². The minimum Gasteiger partial charge on any atom is -0.290 e. The number of hydrogen-bond acceptors (Lipinski definition) is 2. The zero-order chi connectivity index (χ0) is 13.1. The average molecular weight is 267 g/mol. The highest BCUT2D eigenvalue weighted by Gasteiger charge is 2.28. The summed E-state index contributed by atoms with van der Waals surface area (Å²) >= 11 is 5.64. The summed E-state index contributed by atoms with van der Waals surface area (Å²) in [5.74, 6) is -0.619. The van der Waals surface area contributed by atoms with E-state index in [9.17, 15) is 17.6 Å². The number of nitriles is 1. The topological polar surface area (TPSA) is 35.8 Å². The Balaban J connectivity index is 2.84. The normalized spacial score (nSPS) is 13.2. The molecule has 1 rings (SSSR count). The van der Waals surface area contributed by atoms with Crippen molar-refractivity contribution in [2.75, 3.05) is 6.54 Å². The third-order valence-corrected chi connectivity index (χ3v) is 2.24. The van der Waals surface area contributed by atoms with Gasteiger partial charge in [0.05, 0.1) is 12.6 Å². The molecule has 1 unspecified atom stereocenters. The van der Waals surface area contributed by atoms with E-state index in [0.717, 1.165) is 12.1 Å². The molecule has 2 nitrogen and oxygen atoms in total. The summed E-state index contributed by atoms with van der Waals surface area (Å²) in [6.45, 7) is -1.32. The van der Waals surface area contributed by atoms with Crippen LogP contribution in [0, 0.1) is 17.1 Å². The minimum absolute atomic E-state index is 0.0915. The Hall–Kier alpha value is -1.32. The fraction of sp³-hybridized carbons (Fsp3) is 0.300. The summed E-state index contributed by atoms with van der Waals surface area (Å²) in [5, 5.41) is 10.6. The molecular formula is C10H7ClF4N2. The summed E-state index contributed by atoms with van der Waals surface area (Å²) in [5.41, 5.74) is 0.111. The smallest absolute Gasteiger partial charge is 0.290 e. The van der Waals surface area contributed by atoms with E-state index in [2.05, 4.69) is 0 Å². The second kappa shape index (κ2) is 5.34. The van der Waals surface area contributed by atoms with E-state index in [0.29, 0.717) is 0 Å². The number of nitrogens with zero attached hydrogens (tertiary/aromatic N) is 1. The van der Waals surface area contributed by atoms with Gasteiger partial charge >= 0.3 is 6.18 Å². The third kappa shape index (κ3) is 4.21. The first-order valence-corrected chi connectivity index (χ1v) is 4.86. The molecule has 0 saturated heterocycles. The summed E-state index contributed by atoms with van der Waals surface area (Å²) in [6, 6.07) is 3.55. The molecule has 1 aromatic rings. The summed E-state index contributed by atoms with van der Waals surface area (Å²) in [4.78, 5) is 0. The maximum Gasteiger partial charge on any atom is 0.401 e. The van der Waals surface area contributed by atoms with Crippen LogP contribution in [0.3, 0.4) is 0 Å². The van der Waals surface area contributed by atoms with Crippen LogP contribution in [0.2, 0.25) is 5.02 Å². The third-order valence-electron chi connectivity index (χ3n) is 1.91. The standard InChI is InChI=1S/C10H7ClF4N2/c11-8-3-6(12)1-2-7(8)9(4-16)17-5-10(13,14)15/h1-3,9,17H,5H2. The van der Waals surface area contributed by atoms with Gasteiger partial charge in [0.1, 0.15) is 11.9 Å². The number of hydrogen-bond donors (Lipinski definition) is 1. The van der Waals surface area contributed by atoms with Crippen LogP contribution in [-0.4, -0.2) is 12.7 Å². The number of alkyl halides is 3. The van der Waals surface area contributed by atoms with Gasteiger partial charge in [-0.3, -0.25) is 5.32 Å². The van der Waals surface area contributed by atoms with Crippen LogP contribution in [0.1, 0.15) is 11.6 Å². The Morgan fingerprint density at radius 1 is 1.41 bits per heavy atom. The van der Waals surface area contributed by atoms with Gasteiger partial charge in [-0.25, -0.2) is 4.39 Å². The van der Waals surface area contributed by atoms with Gasteiger partial charge < -0.3 is 0 Å². The van der Waals surface area contributed by atoms with Crippen molar-refractivity contribution in [3.8, 4) is 6.07 Å². The Kier molecular flexibility index (Phi) is 4.32. The van der Waals surface area contributed by atoms with Crippen LogP contribution in [0.15, 0.2) is 18.2 Å². The molecule has 0 amide bonds. The lowest BCUT2D eigenvalue weighted by atomic mass is 10.1. The highest BCUT2D eigenvalue weighted by atomic mass is 35.5. The van der Waals surface area contributed by atoms with Gasteiger partial charge in [0.25, 0.3) is 0 Å². The van der Waals surface area contributed by atoms with Crippen molar-refractivity contribution < 1.29 is 17.6 Å². The SMILES string of the molecule is N#CC(NCC(F)(F)F)c1ccc(F)cc1Cl. The average Bonchev–Trinajstić information content (AvgIpc) is 2.19. The van der Waals surface area contributed by atoms with E-state index in [1.54, 1.807) is 6.07 Å². The highest BCUT2D eigenvalue weighted by molar-refractivity contribution is 6.31. The zero-order valence-corrected chi connectivity index (χ0v) is 9.11. The van der Waals surface area contributed by atoms with E-state index >= 15 is 0 Å². The first kappa shape index (κ1) is 13.7. The molecule has 0 aliphatic rings. The van der Waals surface area contributed by atoms with Gasteiger partial charge in [-0.1, -0.05) is 17.7 Å². The second-order valence-electron chi connectivity index (χ2n) is 3.22. The second-order valence-corrected chi connectivity index (χ2v) is 3.63. The van der Waals surface area contributed by atoms with E-state index in [-0.39, 0.29) is 10.6 Å². The lowest BCUT2D eigenvalue weighted by Crippen LogP contribution is -2.31. The van der Waals surface area contributed by atoms with Crippen molar-refractivity contribution in [2.45, 2.75) is 12.2 Å². The fourth-order valence-electron chi connectivity index (χ4n) is 1.18. The summed E-state index contributed by atoms with van der Waals surface area (Å²) in [7, 11) is 0. The number of rotatable bonds is 3. The lowest BCUT2D eigenvalue weighted by Gasteiger charge is -2.14. The zero-order valence-electron chi connectivity index (χ0n) is 8.35. The van der Waals surface area contributed by atoms with Crippen LogP contribution >= 0.6 is 11.6 Å². The van der Waals surface area contributed by atoms with Crippen LogP contribution < -0.4 is 5.32 Å². The first-order valence-electron chi connectivity index (χ1n) is 4.48. The molecule has 0 aromatic heterocycles. The maximum absolute atomic E-state index is 12.7. The van der Waals surface area contributed by atoms with Gasteiger partial charge in [-0.05, 0) is 12.1 Å². The molecule has 0 radical (unpaired) electrons. The van der Waals surface area contributed by atoms with E-state index in [1.165, 1.54) is 6.07 Å². The van der Waals surface area contributed by atoms with Crippen LogP contribution in [0.25, 0.3) is 0 Å². The van der Waals surface area contributed by atoms with Gasteiger partial charge in [-0.2, -0.15) is 18.4 Å². The summed E-state index contributed by atoms with van der Waals surface area (Å²) in [6.07, 6.45) is -4.43. The predicted octanol–water partition coefficient (Wildman–Crippen LogP) is 3.20. The number of benzene rings is 1. The van der Waals surface area contributed by atoms with Crippen molar-refractivity contribution in [3.63, 3.8) is 0 Å². The Morgan fingerprint density at radius 2 is 2.06 bits per heavy atom. The van der Waals surface area contributed by atoms with E-state index in [4.69, 9.17) is 16.9 Å². The van der Waals surface area contributed by atoms with Crippen molar-refractivity contribution in [1.29, 1.82) is 5.26 Å². The van der Waals surface area contributed by atoms with Crippen LogP contribution in [0.5, 0.6) is 0 Å². The molecule has 0 heterocycles. The van der Waals surface area contributed by atoms with Crippen molar-refractivity contribution in [3.05, 3.63) is 34.6 Å². The van der Waals surface area contributed by atoms with Crippen LogP contribution in [0.4, 0.5) is 17.6 Å². The van der Waals surface area contributed by atoms with E-state index < -0.39 is 24.6 Å². The molecule has 17 heavy (non-hydrogen) atoms. The molecule has 92 valence electrons. The fourth-order valence-corrected chi connectivity index (χ4v) is 1.45. The molecule has 0 bridgehead atoms. The minimum atomic E-state index is -4.43. The highest BCUT2D eigenvalue weighted by Crippen LogP contribution is 2.24. The van der Waals surface area contributed by atoms with Gasteiger partial charge in [0.2, 0.25) is 0 Å². The molecule has 1 aromatic carbocycles. The first-order chi connectivity index (χ1) is 7.83. The van der Waals surface area contributed by atoms with Crippen LogP contribution in [-0.2, 0) is 0 Å². The van der Waals surface area contributed by atoms with Crippen molar-refractivity contribution in [2.24, 2.45) is 0 Å². The molecule has 1 N–H and O–H groups in total. The number of halogens is 5. The van der Waals surface area contributed by atoms with E-state index in [1.807, 2.05) is 5.32 Å². The summed E-state index contributed by atoms with van der Waals surface area (Å²) < 4.78 is 48.6. The lowest BCUT2D eigenvalue weighted by molar-refractivity contribution is -0.125. The maximum atomic E-state index is 12.7. The molecule has 0 aliphatic carbocycles. The van der Waals surface area contributed by atoms with Gasteiger partial charge in [0, 0.05) is 10.6 Å². The quantitative estimate of drug-likeness (QED) is 0.853. The van der Waals surface area contributed by atoms with Crippen molar-refractivity contribution in [1.82, 2.24) is 5.32 Å². The molecule has 1 atom stereocenters. The molecule has 7 heteroatoms. The molecule has 0 spiro atoms. The van der Waals surface area contributed by atoms with Gasteiger partial charge in [0.15, 0.2) is 0 Å². The van der Waals surface area contributed by atoms with Crippen molar-refractivity contribution >= 4 is 11.6 Å². The molecule has 0 fully saturated rings. The Morgan fingerprint density at radius 3 is 2.53 bits per heavy atom.